The second-order valence-electron chi connectivity index (χ2n) is 6.33. The highest BCUT2D eigenvalue weighted by molar-refractivity contribution is 6.17. The standard InChI is InChI=1S/C19H26N2O3/c1-11(2)16(20)19(24)21-10-15-14(5)17(22)12(3)8-6-7-9-13(4)18(15)23/h6-9,11,16H,10,20H2,1-5H3,(H,21,24)/b7-6-,12-8+,13-9+,15-14-. The maximum atomic E-state index is 12.6. The minimum atomic E-state index is -0.655. The molecule has 1 aliphatic carbocycles. The molecule has 0 aliphatic heterocycles. The van der Waals surface area contributed by atoms with Crippen molar-refractivity contribution in [1.29, 1.82) is 0 Å². The van der Waals surface area contributed by atoms with Gasteiger partial charge in [0.1, 0.15) is 0 Å². The van der Waals surface area contributed by atoms with E-state index in [0.717, 1.165) is 0 Å². The highest BCUT2D eigenvalue weighted by Gasteiger charge is 2.22. The van der Waals surface area contributed by atoms with Crippen LogP contribution in [0.3, 0.4) is 0 Å². The number of carbonyl (C=O) groups excluding carboxylic acids is 3. The number of amides is 1. The van der Waals surface area contributed by atoms with Crippen molar-refractivity contribution in [3.05, 3.63) is 46.6 Å². The molecule has 1 atom stereocenters. The lowest BCUT2D eigenvalue weighted by Gasteiger charge is -2.17. The fraction of sp³-hybridized carbons (Fsp3) is 0.421. The summed E-state index contributed by atoms with van der Waals surface area (Å²) in [4.78, 5) is 37.1. The van der Waals surface area contributed by atoms with Gasteiger partial charge < -0.3 is 11.1 Å². The van der Waals surface area contributed by atoms with Crippen molar-refractivity contribution in [2.75, 3.05) is 6.54 Å². The summed E-state index contributed by atoms with van der Waals surface area (Å²) < 4.78 is 0. The highest BCUT2D eigenvalue weighted by atomic mass is 16.2. The Bertz CT molecular complexity index is 664. The summed E-state index contributed by atoms with van der Waals surface area (Å²) in [6.07, 6.45) is 6.84. The number of ketones is 2. The van der Waals surface area contributed by atoms with Gasteiger partial charge in [0.25, 0.3) is 0 Å². The third kappa shape index (κ3) is 4.86. The summed E-state index contributed by atoms with van der Waals surface area (Å²) in [7, 11) is 0. The van der Waals surface area contributed by atoms with E-state index in [9.17, 15) is 14.4 Å². The summed E-state index contributed by atoms with van der Waals surface area (Å²) in [6, 6.07) is -0.655. The van der Waals surface area contributed by atoms with Gasteiger partial charge in [0.2, 0.25) is 5.91 Å². The third-order valence-corrected chi connectivity index (χ3v) is 4.05. The van der Waals surface area contributed by atoms with E-state index in [1.165, 1.54) is 0 Å². The first-order valence-electron chi connectivity index (χ1n) is 8.01. The van der Waals surface area contributed by atoms with Gasteiger partial charge in [-0.15, -0.1) is 0 Å². The maximum absolute atomic E-state index is 12.6. The van der Waals surface area contributed by atoms with E-state index in [0.29, 0.717) is 22.3 Å². The Morgan fingerprint density at radius 1 is 1.04 bits per heavy atom. The van der Waals surface area contributed by atoms with Crippen LogP contribution in [0.15, 0.2) is 46.6 Å². The van der Waals surface area contributed by atoms with Gasteiger partial charge in [-0.2, -0.15) is 0 Å². The smallest absolute Gasteiger partial charge is 0.237 e. The maximum Gasteiger partial charge on any atom is 0.237 e. The van der Waals surface area contributed by atoms with Crippen molar-refractivity contribution >= 4 is 17.5 Å². The molecule has 1 aliphatic rings. The lowest BCUT2D eigenvalue weighted by atomic mass is 9.93. The number of rotatable bonds is 4. The summed E-state index contributed by atoms with van der Waals surface area (Å²) in [6.45, 7) is 8.67. The van der Waals surface area contributed by atoms with Gasteiger partial charge in [-0.25, -0.2) is 0 Å². The molecule has 0 saturated heterocycles. The summed E-state index contributed by atoms with van der Waals surface area (Å²) in [5, 5.41) is 2.67. The Morgan fingerprint density at radius 3 is 2.04 bits per heavy atom. The Kier molecular flexibility index (Phi) is 7.04. The average Bonchev–Trinajstić information content (AvgIpc) is 2.55. The summed E-state index contributed by atoms with van der Waals surface area (Å²) in [5.41, 5.74) is 7.49. The first-order chi connectivity index (χ1) is 11.2. The van der Waals surface area contributed by atoms with Crippen LogP contribution in [0.5, 0.6) is 0 Å². The first kappa shape index (κ1) is 19.8. The van der Waals surface area contributed by atoms with Crippen molar-refractivity contribution in [3.63, 3.8) is 0 Å². The van der Waals surface area contributed by atoms with Gasteiger partial charge in [0.05, 0.1) is 6.04 Å². The van der Waals surface area contributed by atoms with Crippen LogP contribution in [-0.4, -0.2) is 30.1 Å². The normalized spacial score (nSPS) is 26.3. The number of hydrogen-bond donors (Lipinski definition) is 2. The van der Waals surface area contributed by atoms with Crippen LogP contribution in [0.25, 0.3) is 0 Å². The topological polar surface area (TPSA) is 89.3 Å². The van der Waals surface area contributed by atoms with E-state index in [4.69, 9.17) is 5.73 Å². The lowest BCUT2D eigenvalue weighted by Crippen LogP contribution is -2.45. The zero-order chi connectivity index (χ0) is 18.4. The second kappa shape index (κ2) is 8.55. The average molecular weight is 330 g/mol. The first-order valence-corrected chi connectivity index (χ1v) is 8.01. The van der Waals surface area contributed by atoms with Crippen molar-refractivity contribution in [1.82, 2.24) is 5.32 Å². The molecule has 0 bridgehead atoms. The molecule has 0 heterocycles. The molecule has 0 fully saturated rings. The van der Waals surface area contributed by atoms with Crippen LogP contribution in [0.2, 0.25) is 0 Å². The molecule has 0 aromatic heterocycles. The Labute approximate surface area is 143 Å². The number of hydrogen-bond acceptors (Lipinski definition) is 4. The van der Waals surface area contributed by atoms with Crippen LogP contribution < -0.4 is 11.1 Å². The number of carbonyl (C=O) groups is 3. The number of Topliss-reactive ketones (excluding diaryl/α,β-unsaturated/α-hetero) is 2. The van der Waals surface area contributed by atoms with Crippen molar-refractivity contribution < 1.29 is 14.4 Å². The molecule has 130 valence electrons. The predicted octanol–water partition coefficient (Wildman–Crippen LogP) is 2.00. The van der Waals surface area contributed by atoms with Crippen molar-refractivity contribution in [3.8, 4) is 0 Å². The van der Waals surface area contributed by atoms with E-state index in [-0.39, 0.29) is 29.9 Å². The highest BCUT2D eigenvalue weighted by Crippen LogP contribution is 2.16. The van der Waals surface area contributed by atoms with E-state index in [2.05, 4.69) is 5.32 Å². The van der Waals surface area contributed by atoms with E-state index < -0.39 is 6.04 Å². The molecule has 1 amide bonds. The zero-order valence-electron chi connectivity index (χ0n) is 15.0. The molecule has 1 rings (SSSR count). The van der Waals surface area contributed by atoms with Gasteiger partial charge in [-0.1, -0.05) is 38.2 Å². The molecule has 3 N–H and O–H groups in total. The summed E-state index contributed by atoms with van der Waals surface area (Å²) in [5.74, 6) is -0.812. The molecule has 0 spiro atoms. The molecular formula is C19H26N2O3. The Morgan fingerprint density at radius 2 is 1.54 bits per heavy atom. The predicted molar refractivity (Wildman–Crippen MR) is 95.2 cm³/mol. The molecule has 0 saturated carbocycles. The molecule has 5 nitrogen and oxygen atoms in total. The van der Waals surface area contributed by atoms with Gasteiger partial charge >= 0.3 is 0 Å². The van der Waals surface area contributed by atoms with Gasteiger partial charge in [0.15, 0.2) is 11.6 Å². The number of allylic oxidation sites excluding steroid dienone is 7. The number of nitrogens with one attached hydrogen (secondary N) is 1. The fourth-order valence-corrected chi connectivity index (χ4v) is 2.20. The molecule has 0 aromatic carbocycles. The van der Waals surface area contributed by atoms with Crippen LogP contribution in [0, 0.1) is 5.92 Å². The Balaban J connectivity index is 3.16. The van der Waals surface area contributed by atoms with Gasteiger partial charge in [-0.05, 0) is 37.8 Å². The monoisotopic (exact) mass is 330 g/mol. The molecule has 1 unspecified atom stereocenters. The molecule has 0 radical (unpaired) electrons. The molecule has 24 heavy (non-hydrogen) atoms. The molecular weight excluding hydrogens is 304 g/mol. The van der Waals surface area contributed by atoms with Gasteiger partial charge in [-0.3, -0.25) is 14.4 Å². The zero-order valence-corrected chi connectivity index (χ0v) is 15.0. The third-order valence-electron chi connectivity index (χ3n) is 4.05. The van der Waals surface area contributed by atoms with Gasteiger partial charge in [0, 0.05) is 17.7 Å². The van der Waals surface area contributed by atoms with Crippen LogP contribution in [0.1, 0.15) is 34.6 Å². The minimum absolute atomic E-state index is 0.0154. The largest absolute Gasteiger partial charge is 0.351 e. The van der Waals surface area contributed by atoms with Crippen LogP contribution in [-0.2, 0) is 14.4 Å². The second-order valence-corrected chi connectivity index (χ2v) is 6.33. The van der Waals surface area contributed by atoms with Crippen molar-refractivity contribution in [2.45, 2.75) is 40.7 Å². The lowest BCUT2D eigenvalue weighted by molar-refractivity contribution is -0.123. The fourth-order valence-electron chi connectivity index (χ4n) is 2.20. The number of nitrogens with two attached hydrogens (primary N) is 1. The minimum Gasteiger partial charge on any atom is -0.351 e. The Hall–Kier alpha value is -2.27. The SMILES string of the molecule is C/C1=C(\CNC(=O)C(N)C(C)C)C(=O)/C(C)=C/C=C\C=C(/C)C1=O. The van der Waals surface area contributed by atoms with Crippen LogP contribution in [0.4, 0.5) is 0 Å². The summed E-state index contributed by atoms with van der Waals surface area (Å²) >= 11 is 0. The quantitative estimate of drug-likeness (QED) is 0.825. The van der Waals surface area contributed by atoms with E-state index in [1.807, 2.05) is 13.8 Å². The molecule has 0 aromatic rings. The van der Waals surface area contributed by atoms with Crippen molar-refractivity contribution in [2.24, 2.45) is 11.7 Å². The van der Waals surface area contributed by atoms with E-state index >= 15 is 0 Å². The molecule has 5 heteroatoms. The van der Waals surface area contributed by atoms with Crippen LogP contribution >= 0.6 is 0 Å². The van der Waals surface area contributed by atoms with E-state index in [1.54, 1.807) is 45.1 Å².